The number of rotatable bonds is 2. The number of benzene rings is 2. The maximum atomic E-state index is 13.4. The standard InChI is InChI=1S/C18H8F2O4S/c19-9-1-4-11(5-2-9)25(23)15-8-14-16(21)12-6-3-10(20)7-13(12)17(22)18(14)24-15/h1-8H. The molecule has 0 N–H and O–H groups in total. The molecule has 25 heavy (non-hydrogen) atoms. The smallest absolute Gasteiger partial charge is 0.318 e. The maximum absolute atomic E-state index is 13.4. The van der Waals surface area contributed by atoms with E-state index >= 15 is 0 Å². The van der Waals surface area contributed by atoms with E-state index in [0.717, 1.165) is 24.3 Å². The molecule has 0 bridgehead atoms. The van der Waals surface area contributed by atoms with Gasteiger partial charge in [-0.05, 0) is 42.5 Å². The summed E-state index contributed by atoms with van der Waals surface area (Å²) in [5.41, 5.74) is -0.0423. The van der Waals surface area contributed by atoms with E-state index in [1.165, 1.54) is 24.3 Å². The van der Waals surface area contributed by atoms with Gasteiger partial charge in [0.2, 0.25) is 5.78 Å². The van der Waals surface area contributed by atoms with Gasteiger partial charge in [0, 0.05) is 17.2 Å². The zero-order valence-corrected chi connectivity index (χ0v) is 13.2. The van der Waals surface area contributed by atoms with Crippen LogP contribution >= 0.6 is 0 Å². The lowest BCUT2D eigenvalue weighted by molar-refractivity contribution is 0.0957. The first-order chi connectivity index (χ1) is 12.0. The molecule has 0 saturated heterocycles. The van der Waals surface area contributed by atoms with Crippen LogP contribution in [-0.2, 0) is 11.2 Å². The fourth-order valence-corrected chi connectivity index (χ4v) is 3.64. The number of halogens is 2. The Labute approximate surface area is 143 Å². The molecule has 4 rings (SSSR count). The van der Waals surface area contributed by atoms with E-state index in [0.29, 0.717) is 0 Å². The lowest BCUT2D eigenvalue weighted by Gasteiger charge is -2.12. The van der Waals surface area contributed by atoms with Crippen molar-refractivity contribution >= 4 is 22.7 Å². The normalized spacial score (nSPS) is 14.2. The lowest BCUT2D eigenvalue weighted by Crippen LogP contribution is -2.19. The minimum atomic E-state index is -1.83. The van der Waals surface area contributed by atoms with E-state index < -0.39 is 34.4 Å². The first-order valence-corrected chi connectivity index (χ1v) is 8.31. The molecule has 1 aliphatic rings. The Morgan fingerprint density at radius 1 is 0.800 bits per heavy atom. The van der Waals surface area contributed by atoms with Crippen LogP contribution in [0.15, 0.2) is 62.9 Å². The molecule has 0 fully saturated rings. The summed E-state index contributed by atoms with van der Waals surface area (Å²) >= 11 is -1.83. The first kappa shape index (κ1) is 15.7. The molecule has 1 unspecified atom stereocenters. The van der Waals surface area contributed by atoms with Crippen LogP contribution < -0.4 is 0 Å². The summed E-state index contributed by atoms with van der Waals surface area (Å²) in [6.45, 7) is 0. The molecular formula is C18H8F2O4S. The van der Waals surface area contributed by atoms with E-state index in [1.807, 2.05) is 0 Å². The number of fused-ring (bicyclic) bond motifs is 2. The van der Waals surface area contributed by atoms with Crippen LogP contribution in [0, 0.1) is 11.6 Å². The van der Waals surface area contributed by atoms with Gasteiger partial charge in [0.05, 0.1) is 16.7 Å². The highest BCUT2D eigenvalue weighted by Gasteiger charge is 2.36. The Hall–Kier alpha value is -2.77. The van der Waals surface area contributed by atoms with Gasteiger partial charge in [0.15, 0.2) is 16.4 Å². The first-order valence-electron chi connectivity index (χ1n) is 7.16. The minimum Gasteiger partial charge on any atom is -0.604 e. The Balaban J connectivity index is 1.79. The summed E-state index contributed by atoms with van der Waals surface area (Å²) in [6.07, 6.45) is 0. The van der Waals surface area contributed by atoms with Gasteiger partial charge >= 0.3 is 5.09 Å². The summed E-state index contributed by atoms with van der Waals surface area (Å²) in [7, 11) is 0. The van der Waals surface area contributed by atoms with Gasteiger partial charge in [-0.3, -0.25) is 9.59 Å². The van der Waals surface area contributed by atoms with Crippen molar-refractivity contribution < 1.29 is 27.3 Å². The van der Waals surface area contributed by atoms with Crippen molar-refractivity contribution in [3.8, 4) is 0 Å². The van der Waals surface area contributed by atoms with Crippen LogP contribution in [0.2, 0.25) is 0 Å². The van der Waals surface area contributed by atoms with Crippen molar-refractivity contribution in [2.75, 3.05) is 0 Å². The average Bonchev–Trinajstić information content (AvgIpc) is 3.05. The quantitative estimate of drug-likeness (QED) is 0.514. The predicted molar refractivity (Wildman–Crippen MR) is 83.0 cm³/mol. The van der Waals surface area contributed by atoms with Crippen LogP contribution in [-0.4, -0.2) is 16.1 Å². The van der Waals surface area contributed by atoms with E-state index in [9.17, 15) is 22.9 Å². The van der Waals surface area contributed by atoms with E-state index in [2.05, 4.69) is 0 Å². The van der Waals surface area contributed by atoms with Crippen LogP contribution in [0.3, 0.4) is 0 Å². The summed E-state index contributed by atoms with van der Waals surface area (Å²) in [4.78, 5) is 25.2. The Kier molecular flexibility index (Phi) is 3.55. The van der Waals surface area contributed by atoms with Gasteiger partial charge in [-0.2, -0.15) is 0 Å². The molecule has 124 valence electrons. The summed E-state index contributed by atoms with van der Waals surface area (Å²) in [5.74, 6) is -2.55. The topological polar surface area (TPSA) is 70.3 Å². The molecule has 3 aromatic rings. The average molecular weight is 358 g/mol. The third kappa shape index (κ3) is 2.48. The highest BCUT2D eigenvalue weighted by Crippen LogP contribution is 2.33. The van der Waals surface area contributed by atoms with Gasteiger partial charge in [-0.1, -0.05) is 0 Å². The molecule has 1 atom stereocenters. The van der Waals surface area contributed by atoms with Crippen molar-refractivity contribution in [2.45, 2.75) is 9.99 Å². The molecule has 0 radical (unpaired) electrons. The van der Waals surface area contributed by atoms with Crippen molar-refractivity contribution in [1.82, 2.24) is 0 Å². The number of hydrogen-bond acceptors (Lipinski definition) is 4. The van der Waals surface area contributed by atoms with Crippen LogP contribution in [0.4, 0.5) is 8.78 Å². The number of carbonyl (C=O) groups excluding carboxylic acids is 2. The minimum absolute atomic E-state index is 0.0189. The zero-order chi connectivity index (χ0) is 17.7. The Bertz CT molecular complexity index is 1020. The second-order valence-electron chi connectivity index (χ2n) is 5.38. The molecule has 1 heterocycles. The highest BCUT2D eigenvalue weighted by atomic mass is 32.2. The number of furan rings is 1. The highest BCUT2D eigenvalue weighted by molar-refractivity contribution is 7.91. The molecule has 1 aliphatic carbocycles. The molecule has 7 heteroatoms. The van der Waals surface area contributed by atoms with Crippen LogP contribution in [0.1, 0.15) is 32.0 Å². The fourth-order valence-electron chi connectivity index (χ4n) is 2.64. The third-order valence-corrected chi connectivity index (χ3v) is 5.11. The summed E-state index contributed by atoms with van der Waals surface area (Å²) in [6, 6.07) is 9.46. The summed E-state index contributed by atoms with van der Waals surface area (Å²) in [5, 5.41) is -0.105. The molecule has 0 spiro atoms. The zero-order valence-electron chi connectivity index (χ0n) is 12.4. The molecule has 0 amide bonds. The molecule has 1 aromatic heterocycles. The van der Waals surface area contributed by atoms with Crippen molar-refractivity contribution in [1.29, 1.82) is 0 Å². The monoisotopic (exact) mass is 358 g/mol. The largest absolute Gasteiger partial charge is 0.604 e. The summed E-state index contributed by atoms with van der Waals surface area (Å²) < 4.78 is 44.2. The van der Waals surface area contributed by atoms with Crippen LogP contribution in [0.5, 0.6) is 0 Å². The third-order valence-electron chi connectivity index (χ3n) is 3.84. The van der Waals surface area contributed by atoms with Gasteiger partial charge in [-0.25, -0.2) is 8.78 Å². The van der Waals surface area contributed by atoms with E-state index in [1.54, 1.807) is 0 Å². The van der Waals surface area contributed by atoms with Gasteiger partial charge in [0.25, 0.3) is 0 Å². The van der Waals surface area contributed by atoms with E-state index in [-0.39, 0.29) is 32.4 Å². The SMILES string of the molecule is O=C1c2ccc(F)cc2C(=O)c2oc([S+]([O-])c3ccc(F)cc3)cc21. The second-order valence-corrected chi connectivity index (χ2v) is 6.79. The fraction of sp³-hybridized carbons (Fsp3) is 0. The number of ketones is 2. The Morgan fingerprint density at radius 2 is 1.48 bits per heavy atom. The second kappa shape index (κ2) is 5.65. The number of hydrogen-bond donors (Lipinski definition) is 0. The molecular weight excluding hydrogens is 350 g/mol. The van der Waals surface area contributed by atoms with Crippen LogP contribution in [0.25, 0.3) is 0 Å². The van der Waals surface area contributed by atoms with Gasteiger partial charge in [0.1, 0.15) is 11.6 Å². The van der Waals surface area contributed by atoms with Gasteiger partial charge in [-0.15, -0.1) is 0 Å². The maximum Gasteiger partial charge on any atom is 0.318 e. The molecule has 0 aliphatic heterocycles. The number of carbonyl (C=O) groups is 2. The van der Waals surface area contributed by atoms with Crippen molar-refractivity contribution in [2.24, 2.45) is 0 Å². The molecule has 2 aromatic carbocycles. The predicted octanol–water partition coefficient (Wildman–Crippen LogP) is 3.50. The lowest BCUT2D eigenvalue weighted by atomic mass is 9.88. The van der Waals surface area contributed by atoms with Crippen molar-refractivity contribution in [3.05, 3.63) is 82.6 Å². The van der Waals surface area contributed by atoms with Crippen molar-refractivity contribution in [3.63, 3.8) is 0 Å². The Morgan fingerprint density at radius 3 is 2.20 bits per heavy atom. The van der Waals surface area contributed by atoms with E-state index in [4.69, 9.17) is 4.42 Å². The van der Waals surface area contributed by atoms with Gasteiger partial charge < -0.3 is 8.97 Å². The molecule has 4 nitrogen and oxygen atoms in total. The molecule has 0 saturated carbocycles.